The van der Waals surface area contributed by atoms with Gasteiger partial charge in [-0.15, -0.1) is 11.3 Å². The van der Waals surface area contributed by atoms with Crippen LogP contribution in [0.5, 0.6) is 0 Å². The molecule has 1 atom stereocenters. The lowest BCUT2D eigenvalue weighted by Gasteiger charge is -2.25. The van der Waals surface area contributed by atoms with Gasteiger partial charge in [0.1, 0.15) is 0 Å². The second-order valence-corrected chi connectivity index (χ2v) is 7.50. The van der Waals surface area contributed by atoms with E-state index in [0.717, 1.165) is 19.4 Å². The molecule has 108 valence electrons. The Labute approximate surface area is 127 Å². The van der Waals surface area contributed by atoms with Gasteiger partial charge in [0.05, 0.1) is 0 Å². The maximum absolute atomic E-state index is 3.66. The quantitative estimate of drug-likeness (QED) is 0.822. The molecule has 0 saturated heterocycles. The fraction of sp³-hybridized carbons (Fsp3) is 0.444. The molecule has 1 aromatic carbocycles. The molecule has 2 aromatic rings. The van der Waals surface area contributed by atoms with Crippen molar-refractivity contribution in [2.24, 2.45) is 5.92 Å². The molecule has 2 rings (SSSR count). The Morgan fingerprint density at radius 2 is 1.75 bits per heavy atom. The highest BCUT2D eigenvalue weighted by Gasteiger charge is 2.15. The van der Waals surface area contributed by atoms with E-state index in [9.17, 15) is 0 Å². The molecule has 0 aliphatic rings. The van der Waals surface area contributed by atoms with Crippen LogP contribution in [0.4, 0.5) is 0 Å². The Hall–Kier alpha value is -1.12. The first-order valence-electron chi connectivity index (χ1n) is 7.34. The van der Waals surface area contributed by atoms with Crippen molar-refractivity contribution in [3.8, 4) is 0 Å². The van der Waals surface area contributed by atoms with Gasteiger partial charge in [-0.25, -0.2) is 0 Å². The number of thiophene rings is 1. The average Bonchev–Trinajstić information content (AvgIpc) is 2.89. The smallest absolute Gasteiger partial charge is 0.00966 e. The molecule has 20 heavy (non-hydrogen) atoms. The van der Waals surface area contributed by atoms with Gasteiger partial charge < -0.3 is 5.32 Å². The lowest BCUT2D eigenvalue weighted by atomic mass is 9.94. The van der Waals surface area contributed by atoms with E-state index in [1.807, 2.05) is 11.3 Å². The molecule has 1 nitrogen and oxygen atoms in total. The first-order valence-corrected chi connectivity index (χ1v) is 8.22. The maximum atomic E-state index is 3.66. The monoisotopic (exact) mass is 287 g/mol. The summed E-state index contributed by atoms with van der Waals surface area (Å²) in [6, 6.07) is 15.2. The van der Waals surface area contributed by atoms with E-state index in [4.69, 9.17) is 0 Å². The molecule has 0 saturated carbocycles. The summed E-state index contributed by atoms with van der Waals surface area (Å²) in [5.41, 5.74) is 1.62. The van der Waals surface area contributed by atoms with Gasteiger partial charge in [-0.2, -0.15) is 0 Å². The van der Waals surface area contributed by atoms with Crippen molar-refractivity contribution >= 4 is 11.3 Å². The second-order valence-electron chi connectivity index (χ2n) is 6.47. The van der Waals surface area contributed by atoms with E-state index < -0.39 is 0 Å². The largest absolute Gasteiger partial charge is 0.312 e. The average molecular weight is 287 g/mol. The summed E-state index contributed by atoms with van der Waals surface area (Å²) in [6.07, 6.45) is 2.30. The lowest BCUT2D eigenvalue weighted by molar-refractivity contribution is 0.368. The first kappa shape index (κ1) is 15.3. The van der Waals surface area contributed by atoms with Crippen LogP contribution < -0.4 is 5.32 Å². The molecule has 1 N–H and O–H groups in total. The van der Waals surface area contributed by atoms with Crippen LogP contribution in [0.25, 0.3) is 0 Å². The zero-order chi connectivity index (χ0) is 14.4. The molecule has 0 bridgehead atoms. The molecule has 0 radical (unpaired) electrons. The number of nitrogens with one attached hydrogen (secondary N) is 1. The van der Waals surface area contributed by atoms with Gasteiger partial charge in [0, 0.05) is 10.4 Å². The summed E-state index contributed by atoms with van der Waals surface area (Å²) < 4.78 is 0. The topological polar surface area (TPSA) is 12.0 Å². The van der Waals surface area contributed by atoms with Crippen LogP contribution >= 0.6 is 11.3 Å². The fourth-order valence-electron chi connectivity index (χ4n) is 2.33. The molecule has 0 aliphatic carbocycles. The highest BCUT2D eigenvalue weighted by atomic mass is 32.1. The number of hydrogen-bond acceptors (Lipinski definition) is 2. The van der Waals surface area contributed by atoms with Crippen molar-refractivity contribution in [3.05, 3.63) is 58.3 Å². The molecule has 0 amide bonds. The van der Waals surface area contributed by atoms with Crippen molar-refractivity contribution in [1.82, 2.24) is 5.32 Å². The Bertz CT molecular complexity index is 482. The van der Waals surface area contributed by atoms with Crippen molar-refractivity contribution in [1.29, 1.82) is 0 Å². The van der Waals surface area contributed by atoms with Gasteiger partial charge in [0.25, 0.3) is 0 Å². The van der Waals surface area contributed by atoms with Gasteiger partial charge in [0.2, 0.25) is 0 Å². The fourth-order valence-corrected chi connectivity index (χ4v) is 3.15. The van der Waals surface area contributed by atoms with E-state index in [2.05, 4.69) is 73.9 Å². The number of hydrogen-bond donors (Lipinski definition) is 1. The third kappa shape index (κ3) is 5.48. The maximum Gasteiger partial charge on any atom is 0.00966 e. The van der Waals surface area contributed by atoms with Crippen molar-refractivity contribution in [3.63, 3.8) is 0 Å². The minimum absolute atomic E-state index is 0.185. The normalized spacial score (nSPS) is 13.3. The van der Waals surface area contributed by atoms with Crippen LogP contribution in [0.1, 0.15) is 31.2 Å². The highest BCUT2D eigenvalue weighted by molar-refractivity contribution is 7.09. The molecule has 1 heterocycles. The van der Waals surface area contributed by atoms with Crippen LogP contribution in [-0.2, 0) is 12.8 Å². The van der Waals surface area contributed by atoms with Crippen LogP contribution in [0.15, 0.2) is 47.8 Å². The minimum Gasteiger partial charge on any atom is -0.312 e. The molecule has 2 heteroatoms. The Kier molecular flexibility index (Phi) is 5.38. The standard InChI is InChI=1S/C18H25NS/c1-18(2,3)19-14-16(13-17-10-7-11-20-17)12-15-8-5-4-6-9-15/h4-11,16,19H,12-14H2,1-3H3. The summed E-state index contributed by atoms with van der Waals surface area (Å²) in [7, 11) is 0. The molecule has 1 unspecified atom stereocenters. The third-order valence-electron chi connectivity index (χ3n) is 3.36. The van der Waals surface area contributed by atoms with Crippen LogP contribution in [0.2, 0.25) is 0 Å². The molecular formula is C18H25NS. The van der Waals surface area contributed by atoms with Crippen molar-refractivity contribution < 1.29 is 0 Å². The first-order chi connectivity index (χ1) is 9.53. The summed E-state index contributed by atoms with van der Waals surface area (Å²) in [6.45, 7) is 7.77. The van der Waals surface area contributed by atoms with Gasteiger partial charge >= 0.3 is 0 Å². The van der Waals surface area contributed by atoms with E-state index in [-0.39, 0.29) is 5.54 Å². The SMILES string of the molecule is CC(C)(C)NCC(Cc1ccccc1)Cc1cccs1. The summed E-state index contributed by atoms with van der Waals surface area (Å²) in [4.78, 5) is 1.49. The predicted molar refractivity (Wildman–Crippen MR) is 89.4 cm³/mol. The molecule has 1 aromatic heterocycles. The molecule has 0 fully saturated rings. The van der Waals surface area contributed by atoms with Crippen LogP contribution in [0.3, 0.4) is 0 Å². The summed E-state index contributed by atoms with van der Waals surface area (Å²) >= 11 is 1.87. The molecular weight excluding hydrogens is 262 g/mol. The summed E-state index contributed by atoms with van der Waals surface area (Å²) in [5, 5.41) is 5.83. The Balaban J connectivity index is 1.99. The molecule has 0 spiro atoms. The Morgan fingerprint density at radius 3 is 2.35 bits per heavy atom. The van der Waals surface area contributed by atoms with E-state index >= 15 is 0 Å². The minimum atomic E-state index is 0.185. The van der Waals surface area contributed by atoms with Crippen molar-refractivity contribution in [2.75, 3.05) is 6.54 Å². The van der Waals surface area contributed by atoms with Gasteiger partial charge in [-0.05, 0) is 63.1 Å². The van der Waals surface area contributed by atoms with Crippen LogP contribution in [-0.4, -0.2) is 12.1 Å². The highest BCUT2D eigenvalue weighted by Crippen LogP contribution is 2.18. The second kappa shape index (κ2) is 7.05. The van der Waals surface area contributed by atoms with Crippen molar-refractivity contribution in [2.45, 2.75) is 39.2 Å². The third-order valence-corrected chi connectivity index (χ3v) is 4.26. The molecule has 0 aliphatic heterocycles. The predicted octanol–water partition coefficient (Wildman–Crippen LogP) is 4.54. The zero-order valence-electron chi connectivity index (χ0n) is 12.7. The van der Waals surface area contributed by atoms with E-state index in [1.54, 1.807) is 0 Å². The Morgan fingerprint density at radius 1 is 1.00 bits per heavy atom. The number of rotatable bonds is 6. The van der Waals surface area contributed by atoms with E-state index in [1.165, 1.54) is 10.4 Å². The van der Waals surface area contributed by atoms with E-state index in [0.29, 0.717) is 5.92 Å². The summed E-state index contributed by atoms with van der Waals surface area (Å²) in [5.74, 6) is 0.648. The lowest BCUT2D eigenvalue weighted by Crippen LogP contribution is -2.40. The zero-order valence-corrected chi connectivity index (χ0v) is 13.5. The van der Waals surface area contributed by atoms with Gasteiger partial charge in [-0.1, -0.05) is 36.4 Å². The number of benzene rings is 1. The van der Waals surface area contributed by atoms with Gasteiger partial charge in [-0.3, -0.25) is 0 Å². The van der Waals surface area contributed by atoms with Crippen LogP contribution in [0, 0.1) is 5.92 Å². The van der Waals surface area contributed by atoms with Gasteiger partial charge in [0.15, 0.2) is 0 Å².